The summed E-state index contributed by atoms with van der Waals surface area (Å²) in [5.41, 5.74) is 1.56. The van der Waals surface area contributed by atoms with Crippen molar-refractivity contribution >= 4 is 35.8 Å². The maximum Gasteiger partial charge on any atom is 0.343 e. The summed E-state index contributed by atoms with van der Waals surface area (Å²) in [5, 5.41) is 0. The zero-order valence-electron chi connectivity index (χ0n) is 26.1. The zero-order chi connectivity index (χ0) is 35.1. The van der Waals surface area contributed by atoms with E-state index in [1.54, 1.807) is 19.1 Å². The molecule has 48 heavy (non-hydrogen) atoms. The van der Waals surface area contributed by atoms with Gasteiger partial charge in [0.2, 0.25) is 0 Å². The van der Waals surface area contributed by atoms with E-state index in [0.29, 0.717) is 11.1 Å². The van der Waals surface area contributed by atoms with Gasteiger partial charge in [0.15, 0.2) is 0 Å². The van der Waals surface area contributed by atoms with Crippen LogP contribution in [0.4, 0.5) is 0 Å². The smallest absolute Gasteiger partial charge is 0.343 e. The maximum atomic E-state index is 12.7. The molecule has 1 atom stereocenters. The van der Waals surface area contributed by atoms with Gasteiger partial charge in [0, 0.05) is 25.0 Å². The second-order valence-corrected chi connectivity index (χ2v) is 9.90. The maximum absolute atomic E-state index is 12.7. The number of hydrogen-bond donors (Lipinski definition) is 0. The van der Waals surface area contributed by atoms with Gasteiger partial charge >= 0.3 is 35.8 Å². The number of esters is 6. The van der Waals surface area contributed by atoms with E-state index in [2.05, 4.69) is 24.8 Å². The van der Waals surface area contributed by atoms with Gasteiger partial charge in [-0.3, -0.25) is 9.59 Å². The molecule has 3 aromatic rings. The van der Waals surface area contributed by atoms with Crippen molar-refractivity contribution in [3.05, 3.63) is 121 Å². The van der Waals surface area contributed by atoms with Gasteiger partial charge in [0.25, 0.3) is 0 Å². The molecular formula is C36H33O12. The van der Waals surface area contributed by atoms with Crippen LogP contribution in [0, 0.1) is 13.8 Å². The molecule has 0 bridgehead atoms. The molecule has 0 saturated heterocycles. The standard InChI is InChI=1S/C36H33O12/c1-5-31(37)43-20-21-44-33(39)8-7-9-34(40)46-28-16-14-27(15-17-28)35(41)47-29-18-19-30(23(3)22-29)48-36(42)26-12-10-25(11-13-26)24(4)45-32(38)6-2/h5-6,10-19,22,24H,1-2,4,7-9,20-21H2,3H3. The van der Waals surface area contributed by atoms with Gasteiger partial charge < -0.3 is 28.4 Å². The number of aryl methyl sites for hydroxylation is 1. The fourth-order valence-electron chi connectivity index (χ4n) is 3.86. The Morgan fingerprint density at radius 1 is 0.667 bits per heavy atom. The van der Waals surface area contributed by atoms with Gasteiger partial charge in [-0.15, -0.1) is 0 Å². The molecule has 0 aromatic heterocycles. The zero-order valence-corrected chi connectivity index (χ0v) is 26.1. The van der Waals surface area contributed by atoms with Crippen molar-refractivity contribution in [2.75, 3.05) is 13.2 Å². The van der Waals surface area contributed by atoms with Crippen molar-refractivity contribution in [1.82, 2.24) is 0 Å². The summed E-state index contributed by atoms with van der Waals surface area (Å²) in [4.78, 5) is 71.5. The second kappa shape index (κ2) is 18.2. The summed E-state index contributed by atoms with van der Waals surface area (Å²) in [5.74, 6) is -2.99. The lowest BCUT2D eigenvalue weighted by Gasteiger charge is -2.13. The lowest BCUT2D eigenvalue weighted by molar-refractivity contribution is -0.150. The topological polar surface area (TPSA) is 158 Å². The molecule has 12 nitrogen and oxygen atoms in total. The first-order chi connectivity index (χ1) is 23.0. The van der Waals surface area contributed by atoms with E-state index in [0.717, 1.165) is 12.2 Å². The molecule has 1 radical (unpaired) electrons. The molecule has 0 aliphatic rings. The Morgan fingerprint density at radius 3 is 1.85 bits per heavy atom. The van der Waals surface area contributed by atoms with Gasteiger partial charge in [-0.1, -0.05) is 25.3 Å². The molecule has 12 heteroatoms. The van der Waals surface area contributed by atoms with Crippen LogP contribution in [0.1, 0.15) is 57.2 Å². The van der Waals surface area contributed by atoms with E-state index in [9.17, 15) is 28.8 Å². The number of benzene rings is 3. The van der Waals surface area contributed by atoms with E-state index in [4.69, 9.17) is 23.7 Å². The van der Waals surface area contributed by atoms with E-state index in [-0.39, 0.29) is 60.9 Å². The molecule has 0 spiro atoms. The van der Waals surface area contributed by atoms with Gasteiger partial charge in [-0.2, -0.15) is 0 Å². The third kappa shape index (κ3) is 11.7. The van der Waals surface area contributed by atoms with Crippen molar-refractivity contribution < 1.29 is 57.2 Å². The SMILES string of the molecule is [CH2]C(OC(=O)C=C)c1ccc(C(=O)Oc2ccc(OC(=O)c3ccc(OC(=O)CCCC(=O)OCCOC(=O)C=C)cc3)cc2C)cc1. The molecule has 249 valence electrons. The molecule has 0 saturated carbocycles. The summed E-state index contributed by atoms with van der Waals surface area (Å²) in [6, 6.07) is 16.4. The number of ether oxygens (including phenoxy) is 6. The normalized spacial score (nSPS) is 10.9. The van der Waals surface area contributed by atoms with Crippen LogP contribution in [0.25, 0.3) is 0 Å². The van der Waals surface area contributed by atoms with Crippen LogP contribution in [0.2, 0.25) is 0 Å². The van der Waals surface area contributed by atoms with E-state index in [1.807, 2.05) is 0 Å². The lowest BCUT2D eigenvalue weighted by atomic mass is 10.1. The van der Waals surface area contributed by atoms with Crippen LogP contribution < -0.4 is 14.2 Å². The highest BCUT2D eigenvalue weighted by molar-refractivity contribution is 5.92. The number of hydrogen-bond acceptors (Lipinski definition) is 12. The van der Waals surface area contributed by atoms with Crippen molar-refractivity contribution in [2.45, 2.75) is 32.3 Å². The van der Waals surface area contributed by atoms with Crippen LogP contribution in [-0.4, -0.2) is 49.0 Å². The summed E-state index contributed by atoms with van der Waals surface area (Å²) in [6.07, 6.45) is 1.37. The van der Waals surface area contributed by atoms with Crippen LogP contribution in [0.3, 0.4) is 0 Å². The van der Waals surface area contributed by atoms with Crippen LogP contribution in [0.5, 0.6) is 17.2 Å². The number of rotatable bonds is 16. The molecule has 1 unspecified atom stereocenters. The summed E-state index contributed by atoms with van der Waals surface area (Å²) in [7, 11) is 0. The first-order valence-electron chi connectivity index (χ1n) is 14.6. The molecule has 0 aliphatic carbocycles. The van der Waals surface area contributed by atoms with E-state index in [1.165, 1.54) is 54.6 Å². The Morgan fingerprint density at radius 2 is 1.23 bits per heavy atom. The predicted octanol–water partition coefficient (Wildman–Crippen LogP) is 5.39. The Balaban J connectivity index is 1.44. The minimum Gasteiger partial charge on any atom is -0.462 e. The van der Waals surface area contributed by atoms with Crippen molar-refractivity contribution in [3.8, 4) is 17.2 Å². The summed E-state index contributed by atoms with van der Waals surface area (Å²) < 4.78 is 30.8. The Hall–Kier alpha value is -6.04. The van der Waals surface area contributed by atoms with Crippen LogP contribution >= 0.6 is 0 Å². The largest absolute Gasteiger partial charge is 0.462 e. The van der Waals surface area contributed by atoms with Crippen molar-refractivity contribution in [3.63, 3.8) is 0 Å². The van der Waals surface area contributed by atoms with Gasteiger partial charge in [0.1, 0.15) is 36.6 Å². The van der Waals surface area contributed by atoms with Crippen LogP contribution in [-0.2, 0) is 33.4 Å². The minimum absolute atomic E-state index is 0.0264. The number of carbonyl (C=O) groups is 6. The van der Waals surface area contributed by atoms with E-state index < -0.39 is 41.9 Å². The average Bonchev–Trinajstić information content (AvgIpc) is 3.07. The Labute approximate surface area is 276 Å². The molecule has 0 aliphatic heterocycles. The Kier molecular flexibility index (Phi) is 13.8. The number of carbonyl (C=O) groups excluding carboxylic acids is 6. The summed E-state index contributed by atoms with van der Waals surface area (Å²) in [6.45, 7) is 11.8. The van der Waals surface area contributed by atoms with Crippen molar-refractivity contribution in [2.24, 2.45) is 0 Å². The first-order valence-corrected chi connectivity index (χ1v) is 14.6. The first kappa shape index (κ1) is 36.4. The van der Waals surface area contributed by atoms with Crippen molar-refractivity contribution in [1.29, 1.82) is 0 Å². The molecule has 3 rings (SSSR count). The van der Waals surface area contributed by atoms with E-state index >= 15 is 0 Å². The van der Waals surface area contributed by atoms with Gasteiger partial charge in [-0.25, -0.2) is 19.2 Å². The minimum atomic E-state index is -0.772. The highest BCUT2D eigenvalue weighted by Gasteiger charge is 2.16. The highest BCUT2D eigenvalue weighted by Crippen LogP contribution is 2.26. The molecule has 0 amide bonds. The average molecular weight is 658 g/mol. The molecule has 0 fully saturated rings. The fraction of sp³-hybridized carbons (Fsp3) is 0.194. The molecule has 3 aromatic carbocycles. The predicted molar refractivity (Wildman–Crippen MR) is 170 cm³/mol. The Bertz CT molecular complexity index is 1660. The monoisotopic (exact) mass is 657 g/mol. The van der Waals surface area contributed by atoms with Gasteiger partial charge in [0.05, 0.1) is 11.1 Å². The van der Waals surface area contributed by atoms with Crippen LogP contribution in [0.15, 0.2) is 92.0 Å². The second-order valence-electron chi connectivity index (χ2n) is 9.90. The highest BCUT2D eigenvalue weighted by atomic mass is 16.6. The fourth-order valence-corrected chi connectivity index (χ4v) is 3.86. The molecule has 0 heterocycles. The molecular weight excluding hydrogens is 624 g/mol. The molecule has 0 N–H and O–H groups in total. The lowest BCUT2D eigenvalue weighted by Crippen LogP contribution is -2.14. The third-order valence-electron chi connectivity index (χ3n) is 6.34. The third-order valence-corrected chi connectivity index (χ3v) is 6.34. The summed E-state index contributed by atoms with van der Waals surface area (Å²) >= 11 is 0. The van der Waals surface area contributed by atoms with Gasteiger partial charge in [-0.05, 0) is 86.0 Å². The quantitative estimate of drug-likeness (QED) is 0.0637.